The average molecular weight is 390 g/mol. The molecule has 0 aliphatic carbocycles. The summed E-state index contributed by atoms with van der Waals surface area (Å²) in [5.74, 6) is 1.11. The number of rotatable bonds is 7. The van der Waals surface area contributed by atoms with Gasteiger partial charge in [0.15, 0.2) is 0 Å². The van der Waals surface area contributed by atoms with Gasteiger partial charge in [0.1, 0.15) is 11.6 Å². The lowest BCUT2D eigenvalue weighted by Gasteiger charge is -2.10. The number of hydrogen-bond donors (Lipinski definition) is 4. The molecule has 150 valence electrons. The highest BCUT2D eigenvalue weighted by molar-refractivity contribution is 5.97. The van der Waals surface area contributed by atoms with Crippen molar-refractivity contribution in [3.8, 4) is 5.75 Å². The van der Waals surface area contributed by atoms with Crippen LogP contribution in [0.2, 0.25) is 0 Å². The lowest BCUT2D eigenvalue weighted by atomic mass is 10.1. The van der Waals surface area contributed by atoms with E-state index in [1.54, 1.807) is 18.3 Å². The number of nitrogens with one attached hydrogen (secondary N) is 2. The molecule has 29 heavy (non-hydrogen) atoms. The number of phenols is 1. The zero-order valence-corrected chi connectivity index (χ0v) is 16.8. The van der Waals surface area contributed by atoms with Crippen LogP contribution in [0.4, 0.5) is 5.82 Å². The summed E-state index contributed by atoms with van der Waals surface area (Å²) >= 11 is 0. The smallest absolute Gasteiger partial charge is 0.116 e. The third kappa shape index (κ3) is 3.93. The Morgan fingerprint density at radius 3 is 2.79 bits per heavy atom. The molecule has 0 saturated heterocycles. The molecule has 2 aromatic heterocycles. The summed E-state index contributed by atoms with van der Waals surface area (Å²) in [6.07, 6.45) is 4.72. The molecule has 0 unspecified atom stereocenters. The average Bonchev–Trinajstić information content (AvgIpc) is 3.26. The summed E-state index contributed by atoms with van der Waals surface area (Å²) in [4.78, 5) is 5.56. The van der Waals surface area contributed by atoms with E-state index in [9.17, 15) is 5.11 Å². The van der Waals surface area contributed by atoms with Crippen LogP contribution >= 0.6 is 0 Å². The van der Waals surface area contributed by atoms with E-state index in [2.05, 4.69) is 52.2 Å². The van der Waals surface area contributed by atoms with Crippen LogP contribution < -0.4 is 11.1 Å². The van der Waals surface area contributed by atoms with Crippen LogP contribution in [-0.2, 0) is 6.54 Å². The molecule has 0 saturated carbocycles. The van der Waals surface area contributed by atoms with Gasteiger partial charge in [-0.1, -0.05) is 18.2 Å². The number of aryl methyl sites for hydroxylation is 1. The Balaban J connectivity index is 1.69. The van der Waals surface area contributed by atoms with Crippen LogP contribution in [0.1, 0.15) is 12.0 Å². The minimum absolute atomic E-state index is 0.242. The largest absolute Gasteiger partial charge is 0.508 e. The molecule has 0 fully saturated rings. The van der Waals surface area contributed by atoms with Crippen molar-refractivity contribution in [2.45, 2.75) is 13.0 Å². The quantitative estimate of drug-likeness (QED) is 0.383. The molecule has 0 aliphatic rings. The van der Waals surface area contributed by atoms with Crippen LogP contribution in [0.3, 0.4) is 0 Å². The van der Waals surface area contributed by atoms with Gasteiger partial charge in [-0.25, -0.2) is 0 Å². The van der Waals surface area contributed by atoms with Crippen molar-refractivity contribution in [1.29, 1.82) is 0 Å². The maximum Gasteiger partial charge on any atom is 0.116 e. The van der Waals surface area contributed by atoms with Gasteiger partial charge >= 0.3 is 0 Å². The molecule has 0 atom stereocenters. The van der Waals surface area contributed by atoms with E-state index in [0.717, 1.165) is 58.4 Å². The summed E-state index contributed by atoms with van der Waals surface area (Å²) in [5.41, 5.74) is 9.90. The Kier molecular flexibility index (Phi) is 5.18. The fraction of sp³-hybridized carbons (Fsp3) is 0.217. The van der Waals surface area contributed by atoms with Gasteiger partial charge in [0.05, 0.1) is 5.70 Å². The molecule has 0 amide bonds. The van der Waals surface area contributed by atoms with Gasteiger partial charge in [0.2, 0.25) is 0 Å². The molecule has 0 spiro atoms. The minimum atomic E-state index is 0.242. The number of para-hydroxylation sites is 1. The fourth-order valence-electron chi connectivity index (χ4n) is 3.73. The molecule has 6 heteroatoms. The van der Waals surface area contributed by atoms with Gasteiger partial charge in [-0.15, -0.1) is 0 Å². The fourth-order valence-corrected chi connectivity index (χ4v) is 3.73. The van der Waals surface area contributed by atoms with Crippen molar-refractivity contribution in [1.82, 2.24) is 14.5 Å². The highest BCUT2D eigenvalue weighted by Crippen LogP contribution is 2.31. The number of fused-ring (bicyclic) bond motifs is 2. The second-order valence-corrected chi connectivity index (χ2v) is 7.57. The van der Waals surface area contributed by atoms with Crippen molar-refractivity contribution < 1.29 is 5.11 Å². The predicted molar refractivity (Wildman–Crippen MR) is 121 cm³/mol. The van der Waals surface area contributed by atoms with Gasteiger partial charge < -0.3 is 30.6 Å². The van der Waals surface area contributed by atoms with Gasteiger partial charge in [-0.2, -0.15) is 0 Å². The molecule has 0 bridgehead atoms. The molecule has 0 radical (unpaired) electrons. The predicted octanol–water partition coefficient (Wildman–Crippen LogP) is 4.15. The summed E-state index contributed by atoms with van der Waals surface area (Å²) in [6.45, 7) is 1.91. The number of anilines is 1. The Labute approximate surface area is 170 Å². The number of benzene rings is 2. The van der Waals surface area contributed by atoms with Crippen molar-refractivity contribution in [3.05, 3.63) is 66.5 Å². The topological polar surface area (TPSA) is 82.2 Å². The monoisotopic (exact) mass is 389 g/mol. The zero-order chi connectivity index (χ0) is 20.4. The molecule has 2 aromatic carbocycles. The van der Waals surface area contributed by atoms with E-state index in [-0.39, 0.29) is 5.75 Å². The summed E-state index contributed by atoms with van der Waals surface area (Å²) < 4.78 is 2.23. The van der Waals surface area contributed by atoms with E-state index in [1.807, 2.05) is 24.3 Å². The van der Waals surface area contributed by atoms with Crippen molar-refractivity contribution in [2.24, 2.45) is 5.73 Å². The van der Waals surface area contributed by atoms with E-state index in [1.165, 1.54) is 0 Å². The van der Waals surface area contributed by atoms with Gasteiger partial charge in [0.25, 0.3) is 0 Å². The number of phenolic OH excluding ortho intramolecular Hbond substituents is 1. The molecule has 0 aliphatic heterocycles. The first-order valence-corrected chi connectivity index (χ1v) is 9.79. The van der Waals surface area contributed by atoms with Crippen molar-refractivity contribution in [3.63, 3.8) is 0 Å². The van der Waals surface area contributed by atoms with Gasteiger partial charge in [-0.05, 0) is 57.4 Å². The van der Waals surface area contributed by atoms with Crippen LogP contribution in [-0.4, -0.2) is 40.2 Å². The first kappa shape index (κ1) is 19.0. The zero-order valence-electron chi connectivity index (χ0n) is 16.8. The Hall–Kier alpha value is -3.38. The molecule has 4 rings (SSSR count). The number of H-pyrrole nitrogens is 1. The molecular formula is C23H27N5O. The SMILES string of the molecule is CN(C)CCCn1cc(/C(=C/N)Nc2cc3ccccc3[nH]2)c2cc(O)ccc21. The first-order valence-electron chi connectivity index (χ1n) is 9.79. The molecule has 4 aromatic rings. The van der Waals surface area contributed by atoms with E-state index >= 15 is 0 Å². The van der Waals surface area contributed by atoms with Gasteiger partial charge in [-0.3, -0.25) is 0 Å². The van der Waals surface area contributed by atoms with Crippen LogP contribution in [0.5, 0.6) is 5.75 Å². The molecule has 6 nitrogen and oxygen atoms in total. The number of aromatic amines is 1. The Morgan fingerprint density at radius 1 is 1.21 bits per heavy atom. The molecule has 2 heterocycles. The Morgan fingerprint density at radius 2 is 2.03 bits per heavy atom. The van der Waals surface area contributed by atoms with Gasteiger partial charge in [0, 0.05) is 46.3 Å². The van der Waals surface area contributed by atoms with Crippen molar-refractivity contribution >= 4 is 33.3 Å². The maximum absolute atomic E-state index is 10.1. The second-order valence-electron chi connectivity index (χ2n) is 7.57. The number of aromatic nitrogens is 2. The van der Waals surface area contributed by atoms with Crippen LogP contribution in [0.25, 0.3) is 27.5 Å². The normalized spacial score (nSPS) is 12.3. The number of hydrogen-bond acceptors (Lipinski definition) is 4. The number of aromatic hydroxyl groups is 1. The van der Waals surface area contributed by atoms with E-state index in [0.29, 0.717) is 0 Å². The summed E-state index contributed by atoms with van der Waals surface area (Å²) in [5, 5.41) is 15.6. The van der Waals surface area contributed by atoms with Crippen LogP contribution in [0, 0.1) is 0 Å². The summed E-state index contributed by atoms with van der Waals surface area (Å²) in [7, 11) is 4.16. The van der Waals surface area contributed by atoms with Crippen molar-refractivity contribution in [2.75, 3.05) is 26.0 Å². The number of nitrogens with zero attached hydrogens (tertiary/aromatic N) is 2. The molecule has 5 N–H and O–H groups in total. The number of nitrogens with two attached hydrogens (primary N) is 1. The minimum Gasteiger partial charge on any atom is -0.508 e. The lowest BCUT2D eigenvalue weighted by Crippen LogP contribution is -2.14. The van der Waals surface area contributed by atoms with Crippen LogP contribution in [0.15, 0.2) is 60.9 Å². The third-order valence-corrected chi connectivity index (χ3v) is 5.13. The Bertz CT molecular complexity index is 1140. The highest BCUT2D eigenvalue weighted by Gasteiger charge is 2.14. The lowest BCUT2D eigenvalue weighted by molar-refractivity contribution is 0.388. The second kappa shape index (κ2) is 7.93. The highest BCUT2D eigenvalue weighted by atomic mass is 16.3. The van der Waals surface area contributed by atoms with E-state index < -0.39 is 0 Å². The third-order valence-electron chi connectivity index (χ3n) is 5.13. The maximum atomic E-state index is 10.1. The molecular weight excluding hydrogens is 362 g/mol. The van der Waals surface area contributed by atoms with E-state index in [4.69, 9.17) is 5.73 Å². The first-order chi connectivity index (χ1) is 14.0. The summed E-state index contributed by atoms with van der Waals surface area (Å²) in [6, 6.07) is 15.7. The standard InChI is InChI=1S/C23H27N5O/c1-27(2)10-5-11-28-15-19(18-13-17(29)8-9-22(18)28)21(14-24)26-23-12-16-6-3-4-7-20(16)25-23/h3-4,6-9,12-15,25-26,29H,5,10-11,24H2,1-2H3/b21-14-.